The van der Waals surface area contributed by atoms with Gasteiger partial charge in [0.2, 0.25) is 5.91 Å². The van der Waals surface area contributed by atoms with Crippen molar-refractivity contribution in [2.24, 2.45) is 0 Å². The number of pyridine rings is 1. The minimum atomic E-state index is -0.417. The minimum absolute atomic E-state index is 0.0476. The lowest BCUT2D eigenvalue weighted by Gasteiger charge is -2.52. The molecule has 2 saturated carbocycles. The molecule has 1 aliphatic heterocycles. The molecular weight excluding hydrogens is 362 g/mol. The zero-order valence-corrected chi connectivity index (χ0v) is 16.6. The van der Waals surface area contributed by atoms with E-state index < -0.39 is 5.54 Å². The van der Waals surface area contributed by atoms with Crippen LogP contribution in [0.2, 0.25) is 0 Å². The molecule has 150 valence electrons. The summed E-state index contributed by atoms with van der Waals surface area (Å²) in [5, 5.41) is 3.04. The largest absolute Gasteiger partial charge is 0.329 e. The summed E-state index contributed by atoms with van der Waals surface area (Å²) in [5.74, 6) is 0.277. The Kier molecular flexibility index (Phi) is 4.61. The SMILES string of the molecule is O=C(Nc1ccccn1)[C@@H]1c2ccccc2C(=O)N(C2CCCC2)C12CCCC2. The van der Waals surface area contributed by atoms with E-state index >= 15 is 0 Å². The van der Waals surface area contributed by atoms with Gasteiger partial charge in [-0.25, -0.2) is 4.98 Å². The van der Waals surface area contributed by atoms with Gasteiger partial charge in [0.05, 0.1) is 11.5 Å². The van der Waals surface area contributed by atoms with Crippen LogP contribution in [0, 0.1) is 0 Å². The molecule has 1 N–H and O–H groups in total. The second kappa shape index (κ2) is 7.29. The number of anilines is 1. The molecular formula is C24H27N3O2. The highest BCUT2D eigenvalue weighted by Crippen LogP contribution is 2.52. The van der Waals surface area contributed by atoms with Crippen molar-refractivity contribution >= 4 is 17.6 Å². The average molecular weight is 389 g/mol. The van der Waals surface area contributed by atoms with Gasteiger partial charge in [0.15, 0.2) is 0 Å². The van der Waals surface area contributed by atoms with Crippen molar-refractivity contribution in [3.8, 4) is 0 Å². The van der Waals surface area contributed by atoms with Crippen molar-refractivity contribution in [3.63, 3.8) is 0 Å². The molecule has 2 aromatic rings. The van der Waals surface area contributed by atoms with Crippen LogP contribution < -0.4 is 5.32 Å². The van der Waals surface area contributed by atoms with Gasteiger partial charge in [-0.05, 0) is 49.4 Å². The summed E-state index contributed by atoms with van der Waals surface area (Å²) in [6.45, 7) is 0. The molecule has 0 saturated heterocycles. The second-order valence-corrected chi connectivity index (χ2v) is 8.65. The summed E-state index contributed by atoms with van der Waals surface area (Å²) in [6, 6.07) is 13.5. The standard InChI is InChI=1S/C24H27N3O2/c28-22(26-20-13-5-8-16-25-20)21-18-11-3-4-12-19(18)23(29)27(17-9-1-2-10-17)24(21)14-6-7-15-24/h3-5,8,11-13,16-17,21H,1-2,6-7,9-10,14-15H2,(H,25,26,28)/t21-/m0/s1. The lowest BCUT2D eigenvalue weighted by atomic mass is 9.70. The second-order valence-electron chi connectivity index (χ2n) is 8.65. The maximum atomic E-state index is 13.7. The first-order valence-corrected chi connectivity index (χ1v) is 10.9. The topological polar surface area (TPSA) is 62.3 Å². The van der Waals surface area contributed by atoms with Gasteiger partial charge >= 0.3 is 0 Å². The summed E-state index contributed by atoms with van der Waals surface area (Å²) in [6.07, 6.45) is 10.0. The third kappa shape index (κ3) is 2.95. The van der Waals surface area contributed by atoms with Gasteiger partial charge in [0.1, 0.15) is 5.82 Å². The minimum Gasteiger partial charge on any atom is -0.329 e. The monoisotopic (exact) mass is 389 g/mol. The molecule has 2 amide bonds. The highest BCUT2D eigenvalue weighted by Gasteiger charge is 2.57. The Morgan fingerprint density at radius 2 is 1.72 bits per heavy atom. The normalized spacial score (nSPS) is 23.4. The number of aromatic nitrogens is 1. The van der Waals surface area contributed by atoms with E-state index in [1.165, 1.54) is 0 Å². The molecule has 5 nitrogen and oxygen atoms in total. The van der Waals surface area contributed by atoms with Crippen LogP contribution in [0.1, 0.15) is 73.2 Å². The van der Waals surface area contributed by atoms with Crippen molar-refractivity contribution < 1.29 is 9.59 Å². The number of fused-ring (bicyclic) bond motifs is 1. The van der Waals surface area contributed by atoms with E-state index in [4.69, 9.17) is 0 Å². The number of nitrogens with zero attached hydrogens (tertiary/aromatic N) is 2. The molecule has 1 aromatic carbocycles. The molecule has 0 bridgehead atoms. The number of carbonyl (C=O) groups is 2. The molecule has 1 spiro atoms. The Bertz CT molecular complexity index is 915. The van der Waals surface area contributed by atoms with Crippen LogP contribution in [0.3, 0.4) is 0 Å². The summed E-state index contributed by atoms with van der Waals surface area (Å²) >= 11 is 0. The van der Waals surface area contributed by atoms with Crippen LogP contribution in [0.25, 0.3) is 0 Å². The fourth-order valence-electron chi connectivity index (χ4n) is 5.93. The number of benzene rings is 1. The number of hydrogen-bond acceptors (Lipinski definition) is 3. The van der Waals surface area contributed by atoms with E-state index in [-0.39, 0.29) is 23.8 Å². The molecule has 5 rings (SSSR count). The molecule has 2 heterocycles. The van der Waals surface area contributed by atoms with Crippen molar-refractivity contribution in [3.05, 3.63) is 59.8 Å². The molecule has 2 aliphatic carbocycles. The summed E-state index contributed by atoms with van der Waals surface area (Å²) in [4.78, 5) is 33.8. The van der Waals surface area contributed by atoms with Crippen LogP contribution in [0.5, 0.6) is 0 Å². The molecule has 3 aliphatic rings. The van der Waals surface area contributed by atoms with E-state index in [0.29, 0.717) is 11.4 Å². The highest BCUT2D eigenvalue weighted by molar-refractivity contribution is 6.05. The number of nitrogens with one attached hydrogen (secondary N) is 1. The lowest BCUT2D eigenvalue weighted by molar-refractivity contribution is -0.121. The first-order chi connectivity index (χ1) is 14.2. The van der Waals surface area contributed by atoms with Gasteiger partial charge in [-0.3, -0.25) is 9.59 Å². The van der Waals surface area contributed by atoms with Gasteiger partial charge in [0, 0.05) is 17.8 Å². The summed E-state index contributed by atoms with van der Waals surface area (Å²) < 4.78 is 0. The van der Waals surface area contributed by atoms with Gasteiger partial charge in [-0.15, -0.1) is 0 Å². The van der Waals surface area contributed by atoms with E-state index in [1.807, 2.05) is 42.5 Å². The highest BCUT2D eigenvalue weighted by atomic mass is 16.2. The molecule has 5 heteroatoms. The number of hydrogen-bond donors (Lipinski definition) is 1. The maximum absolute atomic E-state index is 13.7. The zero-order chi connectivity index (χ0) is 19.8. The molecule has 1 atom stereocenters. The smallest absolute Gasteiger partial charge is 0.254 e. The van der Waals surface area contributed by atoms with Crippen molar-refractivity contribution in [1.82, 2.24) is 9.88 Å². The van der Waals surface area contributed by atoms with Gasteiger partial charge in [0.25, 0.3) is 5.91 Å². The quantitative estimate of drug-likeness (QED) is 0.840. The zero-order valence-electron chi connectivity index (χ0n) is 16.6. The van der Waals surface area contributed by atoms with E-state index in [2.05, 4.69) is 15.2 Å². The Labute approximate surface area is 171 Å². The first kappa shape index (κ1) is 18.3. The number of amides is 2. The predicted octanol–water partition coefficient (Wildman–Crippen LogP) is 4.52. The Morgan fingerprint density at radius 3 is 2.45 bits per heavy atom. The Hall–Kier alpha value is -2.69. The van der Waals surface area contributed by atoms with Crippen LogP contribution in [-0.4, -0.2) is 33.3 Å². The summed E-state index contributed by atoms with van der Waals surface area (Å²) in [7, 11) is 0. The summed E-state index contributed by atoms with van der Waals surface area (Å²) in [5.41, 5.74) is 1.15. The average Bonchev–Trinajstić information content (AvgIpc) is 3.42. The third-order valence-corrected chi connectivity index (χ3v) is 7.08. The van der Waals surface area contributed by atoms with E-state index in [0.717, 1.165) is 56.9 Å². The van der Waals surface area contributed by atoms with Crippen molar-refractivity contribution in [2.45, 2.75) is 68.9 Å². The van der Waals surface area contributed by atoms with Crippen LogP contribution in [0.15, 0.2) is 48.7 Å². The molecule has 0 unspecified atom stereocenters. The van der Waals surface area contributed by atoms with Crippen LogP contribution >= 0.6 is 0 Å². The van der Waals surface area contributed by atoms with Crippen molar-refractivity contribution in [1.29, 1.82) is 0 Å². The maximum Gasteiger partial charge on any atom is 0.254 e. The molecule has 29 heavy (non-hydrogen) atoms. The van der Waals surface area contributed by atoms with Gasteiger partial charge in [-0.1, -0.05) is 49.9 Å². The fourth-order valence-corrected chi connectivity index (χ4v) is 5.93. The number of rotatable bonds is 3. The van der Waals surface area contributed by atoms with E-state index in [9.17, 15) is 9.59 Å². The van der Waals surface area contributed by atoms with Crippen LogP contribution in [-0.2, 0) is 4.79 Å². The predicted molar refractivity (Wildman–Crippen MR) is 112 cm³/mol. The third-order valence-electron chi connectivity index (χ3n) is 7.08. The fraction of sp³-hybridized carbons (Fsp3) is 0.458. The molecule has 1 aromatic heterocycles. The van der Waals surface area contributed by atoms with E-state index in [1.54, 1.807) is 6.20 Å². The lowest BCUT2D eigenvalue weighted by Crippen LogP contribution is -2.62. The first-order valence-electron chi connectivity index (χ1n) is 10.9. The van der Waals surface area contributed by atoms with Crippen molar-refractivity contribution in [2.75, 3.05) is 5.32 Å². The molecule has 0 radical (unpaired) electrons. The molecule has 2 fully saturated rings. The van der Waals surface area contributed by atoms with Crippen LogP contribution in [0.4, 0.5) is 5.82 Å². The van der Waals surface area contributed by atoms with Gasteiger partial charge in [-0.2, -0.15) is 0 Å². The number of carbonyl (C=O) groups excluding carboxylic acids is 2. The van der Waals surface area contributed by atoms with Gasteiger partial charge < -0.3 is 10.2 Å². The Balaban J connectivity index is 1.62. The Morgan fingerprint density at radius 1 is 1.00 bits per heavy atom.